The van der Waals surface area contributed by atoms with Crippen LogP contribution in [0.25, 0.3) is 0 Å². The first-order chi connectivity index (χ1) is 51.8. The van der Waals surface area contributed by atoms with Crippen molar-refractivity contribution < 1.29 is 145 Å². The second kappa shape index (κ2) is 87.8. The number of hydrogen-bond acceptors (Lipinski definition) is 37. The van der Waals surface area contributed by atoms with E-state index in [-0.39, 0.29) is 152 Å². The molecule has 0 aliphatic heterocycles. The van der Waals surface area contributed by atoms with Crippen molar-refractivity contribution in [3.05, 3.63) is 34.4 Å². The molecule has 0 heterocycles. The Labute approximate surface area is 657 Å². The highest BCUT2D eigenvalue weighted by Gasteiger charge is 2.14. The molecule has 1 amide bonds. The lowest BCUT2D eigenvalue weighted by Gasteiger charge is -2.06. The summed E-state index contributed by atoms with van der Waals surface area (Å²) in [6.07, 6.45) is 13.4. The molecule has 1 aromatic carbocycles. The second-order valence-electron chi connectivity index (χ2n) is 21.5. The number of rotatable bonds is 52. The molecule has 0 bridgehead atoms. The zero-order valence-electron chi connectivity index (χ0n) is 62.5. The molecule has 0 aliphatic rings. The Kier molecular flexibility index (Phi) is 92.6. The molecule has 42 heteroatoms. The minimum absolute atomic E-state index is 0.0298. The fourth-order valence-electron chi connectivity index (χ4n) is 6.69. The number of benzene rings is 1. The summed E-state index contributed by atoms with van der Waals surface area (Å²) < 4.78 is 33.3. The van der Waals surface area contributed by atoms with Crippen molar-refractivity contribution in [3.63, 3.8) is 0 Å². The Balaban J connectivity index is -0.000000237. The Morgan fingerprint density at radius 2 is 0.752 bits per heavy atom. The average Bonchev–Trinajstić information content (AvgIpc) is 0.891. The van der Waals surface area contributed by atoms with Gasteiger partial charge >= 0.3 is 54.0 Å². The summed E-state index contributed by atoms with van der Waals surface area (Å²) in [7, 11) is 0. The van der Waals surface area contributed by atoms with Crippen molar-refractivity contribution in [1.82, 2.24) is 5.43 Å². The summed E-state index contributed by atoms with van der Waals surface area (Å²) in [4.78, 5) is 183. The van der Waals surface area contributed by atoms with Gasteiger partial charge < -0.3 is 69.5 Å². The van der Waals surface area contributed by atoms with E-state index in [0.29, 0.717) is 57.9 Å². The van der Waals surface area contributed by atoms with E-state index in [1.54, 1.807) is 12.3 Å². The normalized spacial score (nSPS) is 9.69. The van der Waals surface area contributed by atoms with Crippen molar-refractivity contribution in [3.8, 4) is 5.75 Å². The van der Waals surface area contributed by atoms with E-state index in [1.807, 2.05) is 0 Å². The van der Waals surface area contributed by atoms with Gasteiger partial charge in [-0.05, 0) is 101 Å². The molecule has 0 aliphatic carbocycles. The Morgan fingerprint density at radius 3 is 1.04 bits per heavy atom. The number of thiol groups is 1. The van der Waals surface area contributed by atoms with Gasteiger partial charge in [0, 0.05) is 127 Å². The number of carbonyl (C=O) groups excluding carboxylic acids is 13. The smallest absolute Gasteiger partial charge is 0.481 e. The van der Waals surface area contributed by atoms with E-state index < -0.39 is 60.2 Å². The lowest BCUT2D eigenvalue weighted by molar-refractivity contribution is -0.384. The fourth-order valence-corrected chi connectivity index (χ4v) is 9.46. The number of hydrazine groups is 2. The summed E-state index contributed by atoms with van der Waals surface area (Å²) >= 11 is 9.19. The monoisotopic (exact) mass is 1660 g/mol. The molecular weight excluding hydrogens is 1550 g/mol. The molecule has 109 heavy (non-hydrogen) atoms. The number of nitro groups is 1. The Bertz CT molecular complexity index is 2670. The molecule has 628 valence electrons. The zero-order chi connectivity index (χ0) is 84.3. The van der Waals surface area contributed by atoms with Gasteiger partial charge in [0.25, 0.3) is 5.69 Å². The van der Waals surface area contributed by atoms with Crippen LogP contribution in [0.15, 0.2) is 24.3 Å². The highest BCUT2D eigenvalue weighted by molar-refractivity contribution is 8.14. The number of amides is 1. The number of aliphatic hydroxyl groups is 3. The SMILES string of the molecule is CC(=O)SCCCCCC(=O)O.CC(=O)SCCCCCC(=O)OCC(=O)CCCO.CC(=O)SCCCCCC(=O)OCC(=O)CCCOC(=O)Oc1ccc([N+](=O)[O-])cc1.CC(=O)SCCCCCC(=O)OCC(=O)O.NCCO.NN.NNC(=O)OCCCC(=O)COC(=O)CCCCCS.O=C(O)CO. The van der Waals surface area contributed by atoms with Crippen LogP contribution >= 0.6 is 59.7 Å². The number of aliphatic carboxylic acids is 3. The third kappa shape index (κ3) is 107. The number of ether oxygens (including phenoxy) is 7. The molecule has 0 atom stereocenters. The lowest BCUT2D eigenvalue weighted by Crippen LogP contribution is -2.31. The summed E-state index contributed by atoms with van der Waals surface area (Å²) in [6, 6.07) is 4.91. The summed E-state index contributed by atoms with van der Waals surface area (Å²) in [5.74, 6) is 11.4. The molecule has 0 saturated heterocycles. The van der Waals surface area contributed by atoms with E-state index >= 15 is 0 Å². The number of nitrogens with two attached hydrogens (primary N) is 4. The molecule has 0 radical (unpaired) electrons. The first-order valence-electron chi connectivity index (χ1n) is 34.3. The molecule has 1 rings (SSSR count). The quantitative estimate of drug-likeness (QED) is 0.00371. The van der Waals surface area contributed by atoms with Crippen LogP contribution in [0.1, 0.15) is 195 Å². The van der Waals surface area contributed by atoms with Gasteiger partial charge in [-0.25, -0.2) is 25.0 Å². The van der Waals surface area contributed by atoms with Crippen molar-refractivity contribution in [1.29, 1.82) is 0 Å². The number of esters is 4. The van der Waals surface area contributed by atoms with E-state index in [9.17, 15) is 82.0 Å². The van der Waals surface area contributed by atoms with Gasteiger partial charge in [0.1, 0.15) is 32.2 Å². The average molecular weight is 1660 g/mol. The van der Waals surface area contributed by atoms with Crippen molar-refractivity contribution in [2.75, 3.05) is 94.8 Å². The molecule has 0 unspecified atom stereocenters. The molecule has 1 aromatic rings. The first-order valence-corrected chi connectivity index (χ1v) is 38.9. The highest BCUT2D eigenvalue weighted by Crippen LogP contribution is 2.18. The lowest BCUT2D eigenvalue weighted by atomic mass is 10.2. The number of carboxylic acids is 3. The maximum absolute atomic E-state index is 11.7. The van der Waals surface area contributed by atoms with Crippen LogP contribution in [0.5, 0.6) is 5.75 Å². The minimum atomic E-state index is -1.19. The molecule has 0 aromatic heterocycles. The van der Waals surface area contributed by atoms with Gasteiger partial charge in [-0.15, -0.1) is 0 Å². The summed E-state index contributed by atoms with van der Waals surface area (Å²) in [6.45, 7) is 4.48. The number of non-ortho nitro benzene ring substituents is 1. The van der Waals surface area contributed by atoms with Crippen molar-refractivity contribution in [2.24, 2.45) is 23.3 Å². The molecule has 0 spiro atoms. The minimum Gasteiger partial charge on any atom is -0.481 e. The predicted molar refractivity (Wildman–Crippen MR) is 411 cm³/mol. The number of carbonyl (C=O) groups is 16. The maximum Gasteiger partial charge on any atom is 0.513 e. The zero-order valence-corrected chi connectivity index (χ0v) is 66.7. The van der Waals surface area contributed by atoms with Crippen molar-refractivity contribution in [2.45, 2.75) is 195 Å². The summed E-state index contributed by atoms with van der Waals surface area (Å²) in [5.41, 5.74) is 6.44. The highest BCUT2D eigenvalue weighted by atomic mass is 32.2. The number of aliphatic hydroxyl groups excluding tert-OH is 3. The van der Waals surface area contributed by atoms with E-state index in [4.69, 9.17) is 70.7 Å². The third-order valence-electron chi connectivity index (χ3n) is 11.8. The van der Waals surface area contributed by atoms with Gasteiger partial charge in [-0.3, -0.25) is 84.8 Å². The molecule has 0 saturated carbocycles. The van der Waals surface area contributed by atoms with Crippen LogP contribution in [0.2, 0.25) is 0 Å². The van der Waals surface area contributed by atoms with Crippen LogP contribution in [-0.2, 0) is 95.5 Å². The van der Waals surface area contributed by atoms with E-state index in [2.05, 4.69) is 33.8 Å². The number of nitrogens with one attached hydrogen (secondary N) is 1. The standard InChI is InChI=1S/C20H25NO9S.C13H22O5S.C12H22N2O5S.C10H16O5S.C8H14O3S.C2H7NO.C2H4O3.H4N2/c1-15(22)31-13-4-2-3-7-19(24)29-14-17(23)6-5-12-28-20(25)30-18-10-8-16(9-11-18)21(26)27;1-11(15)19-9-4-2-3-7-13(17)18-10-12(16)6-5-8-14;13-14-12(17)18-7-4-5-10(15)9-19-11(16)6-2-1-3-8-20;1-8(11)16-6-4-2-3-5-10(14)15-7-9(12)13;1-7(9)12-6-4-2-3-5-8(10)11;3-1-2-4;3-1-2(4)5;1-2/h8-11H,2-7,12-14H2,1H3;14H,2-10H2,1H3;20H,1-9,13H2,(H,14,17);2-7H2,1H3,(H,12,13);2-6H2,1H3,(H,10,11);4H,1-3H2;3H,1H2,(H,4,5);1-2H2. The van der Waals surface area contributed by atoms with Crippen LogP contribution < -0.4 is 33.4 Å². The third-order valence-corrected chi connectivity index (χ3v) is 15.7. The fraction of sp³-hybridized carbons (Fsp3) is 0.672. The van der Waals surface area contributed by atoms with E-state index in [1.165, 1.54) is 92.1 Å². The Morgan fingerprint density at radius 1 is 0.431 bits per heavy atom. The van der Waals surface area contributed by atoms with E-state index in [0.717, 1.165) is 99.4 Å². The maximum atomic E-state index is 11.7. The number of thioether (sulfide) groups is 4. The van der Waals surface area contributed by atoms with Crippen LogP contribution in [0.4, 0.5) is 15.3 Å². The van der Waals surface area contributed by atoms with Gasteiger partial charge in [-0.1, -0.05) is 79.2 Å². The molecular formula is C67H114N6O31S5. The number of hydrogen-bond donors (Lipinski definition) is 12. The van der Waals surface area contributed by atoms with Gasteiger partial charge in [0.2, 0.25) is 0 Å². The number of nitro benzene ring substituents is 1. The Hall–Kier alpha value is -7.39. The van der Waals surface area contributed by atoms with Gasteiger partial charge in [0.15, 0.2) is 44.4 Å². The number of unbranched alkanes of at least 4 members (excludes halogenated alkanes) is 10. The van der Waals surface area contributed by atoms with Crippen LogP contribution in [0, 0.1) is 10.1 Å². The first kappa shape index (κ1) is 115. The number of nitrogens with zero attached hydrogens (tertiary/aromatic N) is 1. The number of carboxylic acid groups (broad SMARTS) is 3. The second-order valence-corrected chi connectivity index (χ2v) is 27.0. The van der Waals surface area contributed by atoms with Gasteiger partial charge in [-0.2, -0.15) is 12.6 Å². The van der Waals surface area contributed by atoms with Crippen molar-refractivity contribution >= 4 is 157 Å². The molecule has 15 N–H and O–H groups in total. The topological polar surface area (TPSA) is 618 Å². The molecule has 37 nitrogen and oxygen atoms in total. The van der Waals surface area contributed by atoms with Crippen LogP contribution in [0.3, 0.4) is 0 Å². The predicted octanol–water partition coefficient (Wildman–Crippen LogP) is 6.71. The number of Topliss-reactive ketones (excluding diaryl/α,β-unsaturated/α-hetero) is 3. The molecule has 0 fully saturated rings. The number of ketones is 3. The van der Waals surface area contributed by atoms with Gasteiger partial charge in [0.05, 0.1) is 24.7 Å². The van der Waals surface area contributed by atoms with Crippen LogP contribution in [-0.4, -0.2) is 222 Å². The largest absolute Gasteiger partial charge is 0.513 e. The summed E-state index contributed by atoms with van der Waals surface area (Å²) in [5, 5.41) is 58.8.